The fourth-order valence-electron chi connectivity index (χ4n) is 3.25. The zero-order valence-electron chi connectivity index (χ0n) is 15.8. The van der Waals surface area contributed by atoms with Gasteiger partial charge in [-0.05, 0) is 31.2 Å². The molecule has 0 unspecified atom stereocenters. The number of aryl methyl sites for hydroxylation is 1. The number of hydrogen-bond donors (Lipinski definition) is 0. The first kappa shape index (κ1) is 18.1. The molecule has 1 amide bonds. The number of hydrogen-bond acceptors (Lipinski definition) is 5. The summed E-state index contributed by atoms with van der Waals surface area (Å²) in [5, 5.41) is 0. The van der Waals surface area contributed by atoms with E-state index in [0.717, 1.165) is 24.2 Å². The molecule has 0 N–H and O–H groups in total. The summed E-state index contributed by atoms with van der Waals surface area (Å²) in [5.74, 6) is 1.41. The van der Waals surface area contributed by atoms with E-state index in [1.54, 1.807) is 24.8 Å². The number of likely N-dealkylation sites (tertiary alicyclic amines) is 1. The Labute approximate surface area is 164 Å². The molecule has 6 heteroatoms. The minimum Gasteiger partial charge on any atom is -0.490 e. The largest absolute Gasteiger partial charge is 0.490 e. The van der Waals surface area contributed by atoms with Gasteiger partial charge in [0.05, 0.1) is 5.56 Å². The van der Waals surface area contributed by atoms with Gasteiger partial charge in [0.25, 0.3) is 5.91 Å². The number of ether oxygens (including phenoxy) is 1. The van der Waals surface area contributed by atoms with Crippen LogP contribution in [0.2, 0.25) is 0 Å². The lowest BCUT2D eigenvalue weighted by Crippen LogP contribution is -2.41. The SMILES string of the molecule is Cc1ccc(OC2CCN(C(=O)c3cnc(-c4cccnc4)nc3)CC2)cc1. The molecule has 28 heavy (non-hydrogen) atoms. The highest BCUT2D eigenvalue weighted by molar-refractivity contribution is 5.93. The van der Waals surface area contributed by atoms with E-state index in [1.165, 1.54) is 5.56 Å². The monoisotopic (exact) mass is 374 g/mol. The lowest BCUT2D eigenvalue weighted by atomic mass is 10.1. The summed E-state index contributed by atoms with van der Waals surface area (Å²) in [7, 11) is 0. The quantitative estimate of drug-likeness (QED) is 0.699. The van der Waals surface area contributed by atoms with Crippen molar-refractivity contribution in [3.63, 3.8) is 0 Å². The van der Waals surface area contributed by atoms with Crippen LogP contribution in [0.1, 0.15) is 28.8 Å². The number of piperidine rings is 1. The molecule has 1 fully saturated rings. The Balaban J connectivity index is 1.34. The van der Waals surface area contributed by atoms with Gasteiger partial charge in [0, 0.05) is 56.3 Å². The Bertz CT molecular complexity index is 919. The third-order valence-electron chi connectivity index (χ3n) is 4.87. The highest BCUT2D eigenvalue weighted by Gasteiger charge is 2.25. The number of nitrogens with zero attached hydrogens (tertiary/aromatic N) is 4. The Morgan fingerprint density at radius 1 is 1.04 bits per heavy atom. The summed E-state index contributed by atoms with van der Waals surface area (Å²) in [6.07, 6.45) is 8.35. The summed E-state index contributed by atoms with van der Waals surface area (Å²) < 4.78 is 6.04. The predicted octanol–water partition coefficient (Wildman–Crippen LogP) is 3.53. The first-order chi connectivity index (χ1) is 13.7. The smallest absolute Gasteiger partial charge is 0.256 e. The van der Waals surface area contributed by atoms with Gasteiger partial charge in [-0.15, -0.1) is 0 Å². The molecule has 0 atom stereocenters. The topological polar surface area (TPSA) is 68.2 Å². The second-order valence-corrected chi connectivity index (χ2v) is 6.96. The molecule has 1 aliphatic rings. The number of benzene rings is 1. The average molecular weight is 374 g/mol. The molecule has 6 nitrogen and oxygen atoms in total. The second-order valence-electron chi connectivity index (χ2n) is 6.96. The van der Waals surface area contributed by atoms with Crippen LogP contribution in [0.5, 0.6) is 5.75 Å². The fraction of sp³-hybridized carbons (Fsp3) is 0.273. The number of aromatic nitrogens is 3. The number of carbonyl (C=O) groups excluding carboxylic acids is 1. The molecule has 142 valence electrons. The van der Waals surface area contributed by atoms with Crippen molar-refractivity contribution in [2.45, 2.75) is 25.9 Å². The number of amides is 1. The van der Waals surface area contributed by atoms with Crippen molar-refractivity contribution in [3.05, 3.63) is 72.3 Å². The van der Waals surface area contributed by atoms with E-state index in [9.17, 15) is 4.79 Å². The van der Waals surface area contributed by atoms with E-state index >= 15 is 0 Å². The standard InChI is InChI=1S/C22H22N4O2/c1-16-4-6-19(7-5-16)28-20-8-11-26(12-9-20)22(27)18-14-24-21(25-15-18)17-3-2-10-23-13-17/h2-7,10,13-15,20H,8-9,11-12H2,1H3. The molecule has 1 saturated heterocycles. The van der Waals surface area contributed by atoms with Crippen LogP contribution >= 0.6 is 0 Å². The maximum atomic E-state index is 12.7. The van der Waals surface area contributed by atoms with E-state index in [4.69, 9.17) is 4.74 Å². The molecule has 0 spiro atoms. The summed E-state index contributed by atoms with van der Waals surface area (Å²) in [6.45, 7) is 3.39. The summed E-state index contributed by atoms with van der Waals surface area (Å²) in [5.41, 5.74) is 2.55. The molecule has 0 aliphatic carbocycles. The summed E-state index contributed by atoms with van der Waals surface area (Å²) in [4.78, 5) is 27.3. The van der Waals surface area contributed by atoms with Gasteiger partial charge in [-0.3, -0.25) is 9.78 Å². The van der Waals surface area contributed by atoms with Crippen LogP contribution in [0.3, 0.4) is 0 Å². The Morgan fingerprint density at radius 3 is 2.39 bits per heavy atom. The van der Waals surface area contributed by atoms with Crippen LogP contribution in [0.15, 0.2) is 61.2 Å². The molecule has 4 rings (SSSR count). The second kappa shape index (κ2) is 8.17. The van der Waals surface area contributed by atoms with E-state index in [1.807, 2.05) is 41.3 Å². The molecule has 3 heterocycles. The number of carbonyl (C=O) groups is 1. The minimum absolute atomic E-state index is 0.0356. The molecular weight excluding hydrogens is 352 g/mol. The van der Waals surface area contributed by atoms with Crippen molar-refractivity contribution in [1.29, 1.82) is 0 Å². The maximum absolute atomic E-state index is 12.7. The zero-order valence-corrected chi connectivity index (χ0v) is 15.8. The first-order valence-corrected chi connectivity index (χ1v) is 9.44. The Hall–Kier alpha value is -3.28. The Morgan fingerprint density at radius 2 is 1.75 bits per heavy atom. The first-order valence-electron chi connectivity index (χ1n) is 9.44. The normalized spacial score (nSPS) is 14.7. The highest BCUT2D eigenvalue weighted by Crippen LogP contribution is 2.21. The molecule has 0 radical (unpaired) electrons. The van der Waals surface area contributed by atoms with Crippen LogP contribution in [0.25, 0.3) is 11.4 Å². The summed E-state index contributed by atoms with van der Waals surface area (Å²) in [6, 6.07) is 11.8. The van der Waals surface area contributed by atoms with E-state index in [2.05, 4.69) is 21.9 Å². The Kier molecular flexibility index (Phi) is 5.28. The van der Waals surface area contributed by atoms with Gasteiger partial charge in [-0.1, -0.05) is 17.7 Å². The van der Waals surface area contributed by atoms with Crippen molar-refractivity contribution >= 4 is 5.91 Å². The molecule has 1 aliphatic heterocycles. The van der Waals surface area contributed by atoms with Gasteiger partial charge < -0.3 is 9.64 Å². The van der Waals surface area contributed by atoms with E-state index in [-0.39, 0.29) is 12.0 Å². The number of pyridine rings is 1. The van der Waals surface area contributed by atoms with Crippen molar-refractivity contribution < 1.29 is 9.53 Å². The van der Waals surface area contributed by atoms with E-state index in [0.29, 0.717) is 24.5 Å². The molecule has 3 aromatic rings. The van der Waals surface area contributed by atoms with Gasteiger partial charge in [0.2, 0.25) is 0 Å². The van der Waals surface area contributed by atoms with Gasteiger partial charge in [0.1, 0.15) is 11.9 Å². The van der Waals surface area contributed by atoms with Gasteiger partial charge in [0.15, 0.2) is 5.82 Å². The van der Waals surface area contributed by atoms with Crippen molar-refractivity contribution in [3.8, 4) is 17.1 Å². The van der Waals surface area contributed by atoms with Crippen molar-refractivity contribution in [2.75, 3.05) is 13.1 Å². The van der Waals surface area contributed by atoms with E-state index < -0.39 is 0 Å². The van der Waals surface area contributed by atoms with Crippen LogP contribution in [-0.2, 0) is 0 Å². The van der Waals surface area contributed by atoms with Gasteiger partial charge >= 0.3 is 0 Å². The third-order valence-corrected chi connectivity index (χ3v) is 4.87. The maximum Gasteiger partial charge on any atom is 0.256 e. The zero-order chi connectivity index (χ0) is 19.3. The molecule has 2 aromatic heterocycles. The minimum atomic E-state index is -0.0356. The molecule has 1 aromatic carbocycles. The summed E-state index contributed by atoms with van der Waals surface area (Å²) >= 11 is 0. The molecular formula is C22H22N4O2. The third kappa shape index (κ3) is 4.17. The van der Waals surface area contributed by atoms with Crippen LogP contribution in [0.4, 0.5) is 0 Å². The van der Waals surface area contributed by atoms with Crippen LogP contribution in [0, 0.1) is 6.92 Å². The highest BCUT2D eigenvalue weighted by atomic mass is 16.5. The molecule has 0 bridgehead atoms. The lowest BCUT2D eigenvalue weighted by Gasteiger charge is -2.32. The molecule has 0 saturated carbocycles. The lowest BCUT2D eigenvalue weighted by molar-refractivity contribution is 0.0595. The van der Waals surface area contributed by atoms with Crippen LogP contribution < -0.4 is 4.74 Å². The predicted molar refractivity (Wildman–Crippen MR) is 106 cm³/mol. The average Bonchev–Trinajstić information content (AvgIpc) is 2.76. The van der Waals surface area contributed by atoms with Gasteiger partial charge in [-0.25, -0.2) is 9.97 Å². The van der Waals surface area contributed by atoms with Crippen LogP contribution in [-0.4, -0.2) is 45.0 Å². The van der Waals surface area contributed by atoms with Crippen molar-refractivity contribution in [2.24, 2.45) is 0 Å². The fourth-order valence-corrected chi connectivity index (χ4v) is 3.25. The number of rotatable bonds is 4. The van der Waals surface area contributed by atoms with Gasteiger partial charge in [-0.2, -0.15) is 0 Å². The van der Waals surface area contributed by atoms with Crippen molar-refractivity contribution in [1.82, 2.24) is 19.9 Å².